The van der Waals surface area contributed by atoms with Gasteiger partial charge < -0.3 is 35.7 Å². The highest BCUT2D eigenvalue weighted by molar-refractivity contribution is 9.11. The molecular formula is C38H42BrN7O5S. The Kier molecular flexibility index (Phi) is 12.4. The van der Waals surface area contributed by atoms with Crippen molar-refractivity contribution in [1.29, 1.82) is 5.41 Å². The summed E-state index contributed by atoms with van der Waals surface area (Å²) in [5.74, 6) is -1.48. The number of Topliss-reactive ketones (excluding diaryl/α,β-unsaturated/α-hetero) is 1. The third-order valence-electron chi connectivity index (χ3n) is 9.14. The van der Waals surface area contributed by atoms with Crippen molar-refractivity contribution in [2.24, 2.45) is 5.73 Å². The number of rotatable bonds is 15. The maximum absolute atomic E-state index is 14.3. The van der Waals surface area contributed by atoms with E-state index in [1.807, 2.05) is 30.3 Å². The van der Waals surface area contributed by atoms with Crippen LogP contribution in [-0.2, 0) is 27.2 Å². The number of amides is 2. The number of nitrogens with one attached hydrogen (secondary N) is 4. The topological polar surface area (TPSA) is 176 Å². The van der Waals surface area contributed by atoms with Crippen molar-refractivity contribution in [3.63, 3.8) is 0 Å². The Hall–Kier alpha value is -4.50. The average Bonchev–Trinajstić information content (AvgIpc) is 3.89. The molecule has 0 saturated carbocycles. The van der Waals surface area contributed by atoms with Crippen LogP contribution in [0, 0.1) is 5.41 Å². The number of ketones is 1. The number of aryl methyl sites for hydroxylation is 1. The lowest BCUT2D eigenvalue weighted by atomic mass is 10.0. The molecule has 12 nitrogen and oxygen atoms in total. The standard InChI is InChI=1S/C38H42BrN7O5S/c1-42-29(17-13-23-7-3-2-4-8-23)37(49)46-21-26(50-22-27-16-18-33(39)52-27)20-31(46)35(48)44-30(19-24-11-14-25(15-12-24)43-38(40)41)34(47)36-45-28-9-5-6-10-32(28)51-36/h2-12,14-16,26,29-31,33,42H,13,17-22H2,1H3,(H,44,48)(H4,40,41,43)/t26-,29-,30+,31+,33?/m1/s1. The molecule has 2 aliphatic rings. The molecule has 1 fully saturated rings. The molecule has 2 aliphatic heterocycles. The summed E-state index contributed by atoms with van der Waals surface area (Å²) in [5.41, 5.74) is 8.93. The highest BCUT2D eigenvalue weighted by Crippen LogP contribution is 2.36. The normalized spacial score (nSPS) is 19.6. The van der Waals surface area contributed by atoms with Gasteiger partial charge in [0.15, 0.2) is 11.5 Å². The minimum Gasteiger partial charge on any atom is -0.434 e. The van der Waals surface area contributed by atoms with Gasteiger partial charge in [-0.25, -0.2) is 4.98 Å². The fraction of sp³-hybridized carbons (Fsp3) is 0.342. The molecule has 0 spiro atoms. The molecule has 6 rings (SSSR count). The number of allylic oxidation sites excluding steroid dienone is 1. The van der Waals surface area contributed by atoms with Crippen LogP contribution in [0.25, 0.3) is 11.1 Å². The molecule has 0 bridgehead atoms. The molecule has 5 atom stereocenters. The first kappa shape index (κ1) is 37.3. The summed E-state index contributed by atoms with van der Waals surface area (Å²) >= 11 is 5.33. The van der Waals surface area contributed by atoms with E-state index >= 15 is 0 Å². The van der Waals surface area contributed by atoms with Crippen LogP contribution in [0.1, 0.15) is 41.1 Å². The number of carbonyl (C=O) groups is 3. The van der Waals surface area contributed by atoms with E-state index < -0.39 is 29.8 Å². The van der Waals surface area contributed by atoms with E-state index in [-0.39, 0.29) is 43.2 Å². The number of nitrogens with two attached hydrogens (primary N) is 1. The van der Waals surface area contributed by atoms with Gasteiger partial charge in [0.05, 0.1) is 22.9 Å². The zero-order valence-electron chi connectivity index (χ0n) is 28.7. The molecule has 1 aromatic heterocycles. The van der Waals surface area contributed by atoms with Crippen LogP contribution in [0.3, 0.4) is 0 Å². The van der Waals surface area contributed by atoms with Gasteiger partial charge in [-0.15, -0.1) is 11.8 Å². The maximum atomic E-state index is 14.3. The predicted molar refractivity (Wildman–Crippen MR) is 206 cm³/mol. The highest BCUT2D eigenvalue weighted by Gasteiger charge is 2.43. The molecule has 272 valence electrons. The number of aromatic nitrogens is 1. The number of para-hydroxylation sites is 2. The fourth-order valence-corrected chi connectivity index (χ4v) is 8.21. The zero-order chi connectivity index (χ0) is 36.6. The number of nitrogens with zero attached hydrogens (tertiary/aromatic N) is 2. The first-order valence-electron chi connectivity index (χ1n) is 17.2. The second-order valence-corrected chi connectivity index (χ2v) is 15.9. The molecule has 3 aromatic carbocycles. The van der Waals surface area contributed by atoms with Crippen molar-refractivity contribution in [2.75, 3.05) is 25.5 Å². The van der Waals surface area contributed by atoms with Crippen molar-refractivity contribution in [2.45, 2.75) is 60.5 Å². The number of hydrogen-bond acceptors (Lipinski definition) is 9. The number of oxazole rings is 1. The lowest BCUT2D eigenvalue weighted by molar-refractivity contribution is -0.140. The van der Waals surface area contributed by atoms with Gasteiger partial charge in [-0.3, -0.25) is 19.8 Å². The Morgan fingerprint density at radius 3 is 2.50 bits per heavy atom. The summed E-state index contributed by atoms with van der Waals surface area (Å²) < 4.78 is 12.4. The van der Waals surface area contributed by atoms with E-state index in [9.17, 15) is 14.4 Å². The SMILES string of the molecule is CN[C@H](CCc1ccccc1)C(=O)N1C[C@H](OCC2=CCC(Br)S2)C[C@H]1C(=O)N[C@@H](Cc1ccc(NC(=N)N)cc1)C(=O)c1nc2ccccc2o1. The summed E-state index contributed by atoms with van der Waals surface area (Å²) in [4.78, 5) is 49.7. The Morgan fingerprint density at radius 1 is 1.06 bits per heavy atom. The van der Waals surface area contributed by atoms with Gasteiger partial charge >= 0.3 is 0 Å². The van der Waals surface area contributed by atoms with Gasteiger partial charge in [0, 0.05) is 30.0 Å². The van der Waals surface area contributed by atoms with Crippen molar-refractivity contribution < 1.29 is 23.5 Å². The molecule has 3 heterocycles. The van der Waals surface area contributed by atoms with Crippen LogP contribution >= 0.6 is 27.7 Å². The third-order valence-corrected chi connectivity index (χ3v) is 11.1. The number of thioether (sulfide) groups is 1. The van der Waals surface area contributed by atoms with Crippen molar-refractivity contribution in [3.05, 3.63) is 107 Å². The summed E-state index contributed by atoms with van der Waals surface area (Å²) in [6.07, 6.45) is 4.28. The summed E-state index contributed by atoms with van der Waals surface area (Å²) in [6.45, 7) is 0.634. The van der Waals surface area contributed by atoms with E-state index in [1.165, 1.54) is 0 Å². The lowest BCUT2D eigenvalue weighted by Gasteiger charge is -2.29. The summed E-state index contributed by atoms with van der Waals surface area (Å²) in [7, 11) is 1.75. The minimum atomic E-state index is -1.06. The maximum Gasteiger partial charge on any atom is 0.266 e. The van der Waals surface area contributed by atoms with E-state index in [4.69, 9.17) is 20.3 Å². The average molecular weight is 789 g/mol. The number of hydrogen-bond donors (Lipinski definition) is 5. The molecule has 6 N–H and O–H groups in total. The minimum absolute atomic E-state index is 0.120. The molecule has 4 aromatic rings. The number of benzene rings is 3. The number of anilines is 1. The molecule has 0 aliphatic carbocycles. The Balaban J connectivity index is 1.23. The molecule has 52 heavy (non-hydrogen) atoms. The number of ether oxygens (including phenoxy) is 1. The molecule has 1 saturated heterocycles. The van der Waals surface area contributed by atoms with E-state index in [2.05, 4.69) is 42.9 Å². The van der Waals surface area contributed by atoms with E-state index in [1.54, 1.807) is 72.2 Å². The second kappa shape index (κ2) is 17.3. The van der Waals surface area contributed by atoms with E-state index in [0.717, 1.165) is 22.5 Å². The number of likely N-dealkylation sites (N-methyl/N-ethyl adjacent to an activating group) is 1. The third kappa shape index (κ3) is 9.48. The molecular weight excluding hydrogens is 746 g/mol. The fourth-order valence-electron chi connectivity index (χ4n) is 6.45. The molecule has 0 radical (unpaired) electrons. The highest BCUT2D eigenvalue weighted by atomic mass is 79.9. The van der Waals surface area contributed by atoms with Crippen LogP contribution in [0.4, 0.5) is 5.69 Å². The quantitative estimate of drug-likeness (QED) is 0.0478. The Labute approximate surface area is 314 Å². The number of carbonyl (C=O) groups excluding carboxylic acids is 3. The van der Waals surface area contributed by atoms with Gasteiger partial charge in [0.1, 0.15) is 17.6 Å². The number of alkyl halides is 1. The van der Waals surface area contributed by atoms with Gasteiger partial charge in [0.2, 0.25) is 17.6 Å². The van der Waals surface area contributed by atoms with Gasteiger partial charge in [-0.1, -0.05) is 76.6 Å². The predicted octanol–water partition coefficient (Wildman–Crippen LogP) is 4.99. The van der Waals surface area contributed by atoms with E-state index in [0.29, 0.717) is 40.4 Å². The number of likely N-dealkylation sites (tertiary alicyclic amines) is 1. The Bertz CT molecular complexity index is 1890. The van der Waals surface area contributed by atoms with Crippen molar-refractivity contribution >= 4 is 68.0 Å². The zero-order valence-corrected chi connectivity index (χ0v) is 31.1. The van der Waals surface area contributed by atoms with Crippen LogP contribution in [-0.4, -0.2) is 82.0 Å². The van der Waals surface area contributed by atoms with Crippen LogP contribution in [0.15, 0.2) is 94.3 Å². The van der Waals surface area contributed by atoms with Crippen molar-refractivity contribution in [1.82, 2.24) is 20.5 Å². The van der Waals surface area contributed by atoms with Gasteiger partial charge in [-0.2, -0.15) is 0 Å². The van der Waals surface area contributed by atoms with Crippen molar-refractivity contribution in [3.8, 4) is 0 Å². The Morgan fingerprint density at radius 2 is 1.81 bits per heavy atom. The number of halogens is 1. The summed E-state index contributed by atoms with van der Waals surface area (Å²) in [6, 6.07) is 21.6. The first-order chi connectivity index (χ1) is 25.2. The molecule has 2 amide bonds. The monoisotopic (exact) mass is 787 g/mol. The molecule has 1 unspecified atom stereocenters. The molecule has 14 heteroatoms. The number of guanidine groups is 1. The van der Waals surface area contributed by atoms with Gasteiger partial charge in [0.25, 0.3) is 5.89 Å². The van der Waals surface area contributed by atoms with Gasteiger partial charge in [-0.05, 0) is 61.7 Å². The first-order valence-corrected chi connectivity index (χ1v) is 19.0. The smallest absolute Gasteiger partial charge is 0.266 e. The largest absolute Gasteiger partial charge is 0.434 e. The summed E-state index contributed by atoms with van der Waals surface area (Å²) in [5, 5.41) is 16.4. The van der Waals surface area contributed by atoms with Crippen LogP contribution in [0.2, 0.25) is 0 Å². The van der Waals surface area contributed by atoms with Crippen LogP contribution < -0.4 is 21.7 Å². The lowest BCUT2D eigenvalue weighted by Crippen LogP contribution is -2.54. The van der Waals surface area contributed by atoms with Crippen LogP contribution in [0.5, 0.6) is 0 Å². The second-order valence-electron chi connectivity index (χ2n) is 12.8. The number of fused-ring (bicyclic) bond motifs is 1.